The third-order valence-electron chi connectivity index (χ3n) is 4.25. The predicted molar refractivity (Wildman–Crippen MR) is 82.3 cm³/mol. The lowest BCUT2D eigenvalue weighted by Gasteiger charge is -2.30. The lowest BCUT2D eigenvalue weighted by Crippen LogP contribution is -2.42. The molecule has 6 heteroatoms. The lowest BCUT2D eigenvalue weighted by atomic mass is 9.99. The molecule has 3 rings (SSSR count). The molecule has 0 N–H and O–H groups in total. The minimum absolute atomic E-state index is 0.0886. The standard InChI is InChI=1S/C17H21NO5/c1-12-6-8-18(9-7-12)16(19)11-22-17(20)15-10-21-13-4-2-3-5-14(13)23-15/h2-5,12,15H,6-11H2,1H3/t15-/m0/s1. The fraction of sp³-hybridized carbons (Fsp3) is 0.529. The van der Waals surface area contributed by atoms with Crippen LogP contribution in [-0.4, -0.2) is 49.2 Å². The molecule has 1 saturated heterocycles. The topological polar surface area (TPSA) is 65.1 Å². The predicted octanol–water partition coefficient (Wildman–Crippen LogP) is 1.63. The molecular weight excluding hydrogens is 298 g/mol. The van der Waals surface area contributed by atoms with Crippen LogP contribution in [0, 0.1) is 5.92 Å². The summed E-state index contributed by atoms with van der Waals surface area (Å²) < 4.78 is 16.1. The maximum atomic E-state index is 12.1. The van der Waals surface area contributed by atoms with Gasteiger partial charge in [0, 0.05) is 13.1 Å². The molecule has 0 radical (unpaired) electrons. The van der Waals surface area contributed by atoms with Crippen LogP contribution in [-0.2, 0) is 14.3 Å². The van der Waals surface area contributed by atoms with E-state index in [0.29, 0.717) is 17.4 Å². The van der Waals surface area contributed by atoms with E-state index in [1.54, 1.807) is 23.1 Å². The van der Waals surface area contributed by atoms with Gasteiger partial charge in [0.2, 0.25) is 6.10 Å². The Morgan fingerprint density at radius 2 is 1.91 bits per heavy atom. The van der Waals surface area contributed by atoms with Crippen LogP contribution in [0.2, 0.25) is 0 Å². The van der Waals surface area contributed by atoms with E-state index >= 15 is 0 Å². The van der Waals surface area contributed by atoms with Crippen molar-refractivity contribution in [3.63, 3.8) is 0 Å². The first kappa shape index (κ1) is 15.6. The van der Waals surface area contributed by atoms with Gasteiger partial charge in [0.15, 0.2) is 18.1 Å². The van der Waals surface area contributed by atoms with Crippen molar-refractivity contribution >= 4 is 11.9 Å². The van der Waals surface area contributed by atoms with Crippen LogP contribution in [0.25, 0.3) is 0 Å². The van der Waals surface area contributed by atoms with Gasteiger partial charge in [-0.25, -0.2) is 4.79 Å². The third kappa shape index (κ3) is 3.75. The number of fused-ring (bicyclic) bond motifs is 1. The van der Waals surface area contributed by atoms with Crippen molar-refractivity contribution in [2.75, 3.05) is 26.3 Å². The molecule has 1 aromatic rings. The minimum atomic E-state index is -0.834. The normalized spacial score (nSPS) is 20.9. The molecule has 2 aliphatic heterocycles. The Hall–Kier alpha value is -2.24. The minimum Gasteiger partial charge on any atom is -0.485 e. The Kier molecular flexibility index (Phi) is 4.69. The van der Waals surface area contributed by atoms with Crippen molar-refractivity contribution in [2.24, 2.45) is 5.92 Å². The first-order chi connectivity index (χ1) is 11.1. The van der Waals surface area contributed by atoms with Gasteiger partial charge in [0.25, 0.3) is 5.91 Å². The number of hydrogen-bond donors (Lipinski definition) is 0. The van der Waals surface area contributed by atoms with Crippen LogP contribution >= 0.6 is 0 Å². The third-order valence-corrected chi connectivity index (χ3v) is 4.25. The van der Waals surface area contributed by atoms with Crippen LogP contribution in [0.4, 0.5) is 0 Å². The van der Waals surface area contributed by atoms with Crippen molar-refractivity contribution < 1.29 is 23.8 Å². The molecule has 0 spiro atoms. The number of amides is 1. The maximum Gasteiger partial charge on any atom is 0.351 e. The molecule has 23 heavy (non-hydrogen) atoms. The number of hydrogen-bond acceptors (Lipinski definition) is 5. The highest BCUT2D eigenvalue weighted by Crippen LogP contribution is 2.31. The highest BCUT2D eigenvalue weighted by atomic mass is 16.6. The van der Waals surface area contributed by atoms with Crippen molar-refractivity contribution in [1.29, 1.82) is 0 Å². The molecule has 0 saturated carbocycles. The van der Waals surface area contributed by atoms with E-state index < -0.39 is 12.1 Å². The molecule has 2 aliphatic rings. The monoisotopic (exact) mass is 319 g/mol. The number of rotatable bonds is 3. The summed E-state index contributed by atoms with van der Waals surface area (Å²) in [5.41, 5.74) is 0. The average Bonchev–Trinajstić information content (AvgIpc) is 2.59. The van der Waals surface area contributed by atoms with Crippen LogP contribution in [0.1, 0.15) is 19.8 Å². The van der Waals surface area contributed by atoms with Gasteiger partial charge in [-0.3, -0.25) is 4.79 Å². The fourth-order valence-electron chi connectivity index (χ4n) is 2.71. The lowest BCUT2D eigenvalue weighted by molar-refractivity contribution is -0.160. The van der Waals surface area contributed by atoms with Crippen LogP contribution in [0.15, 0.2) is 24.3 Å². The summed E-state index contributed by atoms with van der Waals surface area (Å²) in [4.78, 5) is 25.9. The molecule has 1 amide bonds. The van der Waals surface area contributed by atoms with Crippen molar-refractivity contribution in [2.45, 2.75) is 25.9 Å². The molecule has 0 unspecified atom stereocenters. The number of likely N-dealkylation sites (tertiary alicyclic amines) is 1. The largest absolute Gasteiger partial charge is 0.485 e. The van der Waals surface area contributed by atoms with Gasteiger partial charge >= 0.3 is 5.97 Å². The molecule has 124 valence electrons. The van der Waals surface area contributed by atoms with E-state index in [4.69, 9.17) is 14.2 Å². The van der Waals surface area contributed by atoms with E-state index in [2.05, 4.69) is 6.92 Å². The van der Waals surface area contributed by atoms with E-state index in [1.807, 2.05) is 6.07 Å². The van der Waals surface area contributed by atoms with E-state index in [9.17, 15) is 9.59 Å². The number of piperidine rings is 1. The molecule has 0 bridgehead atoms. The summed E-state index contributed by atoms with van der Waals surface area (Å²) in [6, 6.07) is 7.14. The first-order valence-electron chi connectivity index (χ1n) is 7.96. The highest BCUT2D eigenvalue weighted by Gasteiger charge is 2.30. The number of carbonyl (C=O) groups excluding carboxylic acids is 2. The maximum absolute atomic E-state index is 12.1. The molecule has 6 nitrogen and oxygen atoms in total. The Balaban J connectivity index is 1.47. The number of benzene rings is 1. The fourth-order valence-corrected chi connectivity index (χ4v) is 2.71. The van der Waals surface area contributed by atoms with Gasteiger partial charge in [-0.1, -0.05) is 19.1 Å². The van der Waals surface area contributed by atoms with Gasteiger partial charge in [-0.15, -0.1) is 0 Å². The SMILES string of the molecule is CC1CCN(C(=O)COC(=O)[C@@H]2COc3ccccc3O2)CC1. The van der Waals surface area contributed by atoms with Gasteiger partial charge < -0.3 is 19.1 Å². The molecule has 1 aromatic carbocycles. The number of ether oxygens (including phenoxy) is 3. The zero-order valence-electron chi connectivity index (χ0n) is 13.2. The van der Waals surface area contributed by atoms with Gasteiger partial charge in [-0.2, -0.15) is 0 Å². The Labute approximate surface area is 135 Å². The number of nitrogens with zero attached hydrogens (tertiary/aromatic N) is 1. The van der Waals surface area contributed by atoms with E-state index in [1.165, 1.54) is 0 Å². The molecule has 1 fully saturated rings. The Morgan fingerprint density at radius 1 is 1.22 bits per heavy atom. The van der Waals surface area contributed by atoms with Crippen molar-refractivity contribution in [1.82, 2.24) is 4.90 Å². The van der Waals surface area contributed by atoms with Crippen molar-refractivity contribution in [3.05, 3.63) is 24.3 Å². The first-order valence-corrected chi connectivity index (χ1v) is 7.96. The number of esters is 1. The van der Waals surface area contributed by atoms with Crippen LogP contribution < -0.4 is 9.47 Å². The van der Waals surface area contributed by atoms with Crippen molar-refractivity contribution in [3.8, 4) is 11.5 Å². The molecule has 2 heterocycles. The van der Waals surface area contributed by atoms with Gasteiger partial charge in [0.05, 0.1) is 0 Å². The van der Waals surface area contributed by atoms with E-state index in [-0.39, 0.29) is 19.1 Å². The summed E-state index contributed by atoms with van der Waals surface area (Å²) in [6.45, 7) is 3.49. The van der Waals surface area contributed by atoms with Crippen LogP contribution in [0.3, 0.4) is 0 Å². The summed E-state index contributed by atoms with van der Waals surface area (Å²) in [7, 11) is 0. The zero-order valence-corrected chi connectivity index (χ0v) is 13.2. The average molecular weight is 319 g/mol. The van der Waals surface area contributed by atoms with Gasteiger partial charge in [-0.05, 0) is 30.9 Å². The summed E-state index contributed by atoms with van der Waals surface area (Å²) in [5, 5.41) is 0. The Bertz CT molecular complexity index is 580. The second-order valence-electron chi connectivity index (χ2n) is 6.04. The molecule has 0 aromatic heterocycles. The summed E-state index contributed by atoms with van der Waals surface area (Å²) in [6.07, 6.45) is 1.16. The summed E-state index contributed by atoms with van der Waals surface area (Å²) >= 11 is 0. The van der Waals surface area contributed by atoms with E-state index in [0.717, 1.165) is 25.9 Å². The second-order valence-corrected chi connectivity index (χ2v) is 6.04. The summed E-state index contributed by atoms with van der Waals surface area (Å²) in [5.74, 6) is 1.04. The molecular formula is C17H21NO5. The smallest absolute Gasteiger partial charge is 0.351 e. The molecule has 0 aliphatic carbocycles. The highest BCUT2D eigenvalue weighted by molar-refractivity contribution is 5.82. The second kappa shape index (κ2) is 6.89. The Morgan fingerprint density at radius 3 is 2.65 bits per heavy atom. The van der Waals surface area contributed by atoms with Crippen LogP contribution in [0.5, 0.6) is 11.5 Å². The molecule has 1 atom stereocenters. The number of carbonyl (C=O) groups is 2. The quantitative estimate of drug-likeness (QED) is 0.792. The van der Waals surface area contributed by atoms with Gasteiger partial charge in [0.1, 0.15) is 6.61 Å². The number of para-hydroxylation sites is 2. The zero-order chi connectivity index (χ0) is 16.2.